The van der Waals surface area contributed by atoms with E-state index >= 15 is 0 Å². The van der Waals surface area contributed by atoms with Crippen molar-refractivity contribution in [2.24, 2.45) is 0 Å². The summed E-state index contributed by atoms with van der Waals surface area (Å²) in [7, 11) is 2.05. The molecule has 0 bridgehead atoms. The van der Waals surface area contributed by atoms with E-state index in [9.17, 15) is 4.79 Å². The number of nitrogens with zero attached hydrogens (tertiary/aromatic N) is 1. The minimum absolute atomic E-state index is 0. The first-order valence-corrected chi connectivity index (χ1v) is 3.79. The summed E-state index contributed by atoms with van der Waals surface area (Å²) in [5.74, 6) is -0.815. The molecule has 1 aliphatic rings. The minimum atomic E-state index is -0.815. The lowest BCUT2D eigenvalue weighted by Gasteiger charge is -2.23. The number of hydrogen-bond acceptors (Lipinski definition) is 2. The van der Waals surface area contributed by atoms with Crippen molar-refractivity contribution in [3.05, 3.63) is 11.6 Å². The SMILES string of the molecule is CN1CCC(=CC(=O)O)CC1.Cl. The van der Waals surface area contributed by atoms with E-state index in [1.54, 1.807) is 0 Å². The Labute approximate surface area is 78.5 Å². The molecule has 0 aliphatic carbocycles. The molecule has 0 amide bonds. The summed E-state index contributed by atoms with van der Waals surface area (Å²) in [6.07, 6.45) is 3.15. The van der Waals surface area contributed by atoms with E-state index in [1.165, 1.54) is 6.08 Å². The molecular formula is C8H14ClNO2. The van der Waals surface area contributed by atoms with Crippen molar-refractivity contribution < 1.29 is 9.90 Å². The molecule has 1 aliphatic heterocycles. The second kappa shape index (κ2) is 5.17. The number of carboxylic acids is 1. The molecule has 3 nitrogen and oxygen atoms in total. The van der Waals surface area contributed by atoms with Crippen LogP contribution >= 0.6 is 12.4 Å². The van der Waals surface area contributed by atoms with Crippen LogP contribution in [0.4, 0.5) is 0 Å². The number of aliphatic carboxylic acids is 1. The molecule has 1 saturated heterocycles. The first kappa shape index (κ1) is 11.5. The zero-order valence-electron chi connectivity index (χ0n) is 7.12. The number of carboxylic acid groups (broad SMARTS) is 1. The minimum Gasteiger partial charge on any atom is -0.478 e. The largest absolute Gasteiger partial charge is 0.478 e. The van der Waals surface area contributed by atoms with Crippen LogP contribution in [-0.4, -0.2) is 36.1 Å². The van der Waals surface area contributed by atoms with Crippen molar-refractivity contribution >= 4 is 18.4 Å². The van der Waals surface area contributed by atoms with Gasteiger partial charge in [0.05, 0.1) is 0 Å². The van der Waals surface area contributed by atoms with Gasteiger partial charge >= 0.3 is 5.97 Å². The normalized spacial score (nSPS) is 18.2. The average Bonchev–Trinajstić information content (AvgIpc) is 1.93. The maximum atomic E-state index is 10.3. The summed E-state index contributed by atoms with van der Waals surface area (Å²) in [5.41, 5.74) is 1.07. The van der Waals surface area contributed by atoms with Crippen LogP contribution in [0.1, 0.15) is 12.8 Å². The Hall–Kier alpha value is -0.540. The van der Waals surface area contributed by atoms with Gasteiger partial charge in [-0.25, -0.2) is 4.79 Å². The van der Waals surface area contributed by atoms with Gasteiger partial charge in [-0.15, -0.1) is 12.4 Å². The number of carbonyl (C=O) groups is 1. The summed E-state index contributed by atoms with van der Waals surface area (Å²) < 4.78 is 0. The number of piperidine rings is 1. The number of rotatable bonds is 1. The number of likely N-dealkylation sites (tertiary alicyclic amines) is 1. The predicted octanol–water partition coefficient (Wildman–Crippen LogP) is 1.14. The Morgan fingerprint density at radius 3 is 2.42 bits per heavy atom. The first-order chi connectivity index (χ1) is 5.18. The fraction of sp³-hybridized carbons (Fsp3) is 0.625. The molecule has 0 aromatic rings. The highest BCUT2D eigenvalue weighted by Crippen LogP contribution is 2.13. The van der Waals surface area contributed by atoms with E-state index in [2.05, 4.69) is 11.9 Å². The van der Waals surface area contributed by atoms with Crippen LogP contribution in [0.2, 0.25) is 0 Å². The van der Waals surface area contributed by atoms with Crippen LogP contribution in [0, 0.1) is 0 Å². The van der Waals surface area contributed by atoms with Crippen molar-refractivity contribution in [3.63, 3.8) is 0 Å². The van der Waals surface area contributed by atoms with Crippen LogP contribution in [0.5, 0.6) is 0 Å². The lowest BCUT2D eigenvalue weighted by Crippen LogP contribution is -2.26. The summed E-state index contributed by atoms with van der Waals surface area (Å²) in [5, 5.41) is 8.44. The van der Waals surface area contributed by atoms with Crippen molar-refractivity contribution in [1.29, 1.82) is 0 Å². The highest BCUT2D eigenvalue weighted by Gasteiger charge is 2.10. The van der Waals surface area contributed by atoms with E-state index in [0.29, 0.717) is 0 Å². The van der Waals surface area contributed by atoms with E-state index in [0.717, 1.165) is 31.5 Å². The molecule has 0 saturated carbocycles. The molecule has 12 heavy (non-hydrogen) atoms. The van der Waals surface area contributed by atoms with Gasteiger partial charge in [0.1, 0.15) is 0 Å². The molecule has 1 N–H and O–H groups in total. The average molecular weight is 192 g/mol. The molecule has 1 heterocycles. The third-order valence-corrected chi connectivity index (χ3v) is 1.96. The summed E-state index contributed by atoms with van der Waals surface area (Å²) in [6, 6.07) is 0. The van der Waals surface area contributed by atoms with Crippen LogP contribution in [0.3, 0.4) is 0 Å². The highest BCUT2D eigenvalue weighted by molar-refractivity contribution is 5.85. The van der Waals surface area contributed by atoms with Gasteiger partial charge < -0.3 is 10.0 Å². The van der Waals surface area contributed by atoms with E-state index in [-0.39, 0.29) is 12.4 Å². The third kappa shape index (κ3) is 3.74. The molecule has 1 rings (SSSR count). The maximum absolute atomic E-state index is 10.3. The van der Waals surface area contributed by atoms with Crippen LogP contribution < -0.4 is 0 Å². The third-order valence-electron chi connectivity index (χ3n) is 1.96. The molecule has 4 heteroatoms. The summed E-state index contributed by atoms with van der Waals surface area (Å²) >= 11 is 0. The van der Waals surface area contributed by atoms with Crippen LogP contribution in [-0.2, 0) is 4.79 Å². The molecular weight excluding hydrogens is 178 g/mol. The van der Waals surface area contributed by atoms with Crippen LogP contribution in [0.25, 0.3) is 0 Å². The predicted molar refractivity (Wildman–Crippen MR) is 49.7 cm³/mol. The van der Waals surface area contributed by atoms with Gasteiger partial charge in [-0.2, -0.15) is 0 Å². The maximum Gasteiger partial charge on any atom is 0.328 e. The van der Waals surface area contributed by atoms with E-state index < -0.39 is 5.97 Å². The molecule has 0 aromatic heterocycles. The second-order valence-electron chi connectivity index (χ2n) is 2.94. The van der Waals surface area contributed by atoms with Gasteiger partial charge in [0.15, 0.2) is 0 Å². The first-order valence-electron chi connectivity index (χ1n) is 3.79. The van der Waals surface area contributed by atoms with Gasteiger partial charge in [-0.1, -0.05) is 5.57 Å². The monoisotopic (exact) mass is 191 g/mol. The summed E-state index contributed by atoms with van der Waals surface area (Å²) in [4.78, 5) is 12.5. The second-order valence-corrected chi connectivity index (χ2v) is 2.94. The quantitative estimate of drug-likeness (QED) is 0.632. The molecule has 0 aromatic carbocycles. The molecule has 0 unspecified atom stereocenters. The Kier molecular flexibility index (Phi) is 4.93. The van der Waals surface area contributed by atoms with Gasteiger partial charge in [0.25, 0.3) is 0 Å². The number of halogens is 1. The molecule has 1 fully saturated rings. The molecule has 0 spiro atoms. The van der Waals surface area contributed by atoms with E-state index in [4.69, 9.17) is 5.11 Å². The van der Waals surface area contributed by atoms with Gasteiger partial charge in [0, 0.05) is 19.2 Å². The van der Waals surface area contributed by atoms with Gasteiger partial charge in [-0.05, 0) is 19.9 Å². The van der Waals surface area contributed by atoms with Gasteiger partial charge in [0.2, 0.25) is 0 Å². The fourth-order valence-corrected chi connectivity index (χ4v) is 1.22. The van der Waals surface area contributed by atoms with Crippen molar-refractivity contribution in [3.8, 4) is 0 Å². The summed E-state index contributed by atoms with van der Waals surface area (Å²) in [6.45, 7) is 1.97. The number of hydrogen-bond donors (Lipinski definition) is 1. The lowest BCUT2D eigenvalue weighted by molar-refractivity contribution is -0.131. The Morgan fingerprint density at radius 1 is 1.50 bits per heavy atom. The Balaban J connectivity index is 0.00000121. The molecule has 0 atom stereocenters. The smallest absolute Gasteiger partial charge is 0.328 e. The van der Waals surface area contributed by atoms with Gasteiger partial charge in [-0.3, -0.25) is 0 Å². The lowest BCUT2D eigenvalue weighted by atomic mass is 10.0. The Bertz CT molecular complexity index is 181. The van der Waals surface area contributed by atoms with E-state index in [1.807, 2.05) is 0 Å². The van der Waals surface area contributed by atoms with Crippen LogP contribution in [0.15, 0.2) is 11.6 Å². The highest BCUT2D eigenvalue weighted by atomic mass is 35.5. The fourth-order valence-electron chi connectivity index (χ4n) is 1.22. The van der Waals surface area contributed by atoms with Crippen molar-refractivity contribution in [2.75, 3.05) is 20.1 Å². The zero-order chi connectivity index (χ0) is 8.27. The van der Waals surface area contributed by atoms with Crippen molar-refractivity contribution in [2.45, 2.75) is 12.8 Å². The molecule has 70 valence electrons. The zero-order valence-corrected chi connectivity index (χ0v) is 7.93. The standard InChI is InChI=1S/C8H13NO2.ClH/c1-9-4-2-7(3-5-9)6-8(10)11;/h6H,2-5H2,1H3,(H,10,11);1H. The van der Waals surface area contributed by atoms with Crippen molar-refractivity contribution in [1.82, 2.24) is 4.90 Å². The molecule has 0 radical (unpaired) electrons. The Morgan fingerprint density at radius 2 is 2.00 bits per heavy atom. The topological polar surface area (TPSA) is 40.5 Å².